The molecule has 0 saturated carbocycles. The van der Waals surface area contributed by atoms with Crippen LogP contribution in [0.3, 0.4) is 0 Å². The lowest BCUT2D eigenvalue weighted by molar-refractivity contribution is -0.305. The Kier molecular flexibility index (Phi) is 29.6. The Hall–Kier alpha value is -1.85. The minimum absolute atomic E-state index is 0.107. The van der Waals surface area contributed by atoms with Crippen molar-refractivity contribution >= 4 is 5.97 Å². The van der Waals surface area contributed by atoms with Crippen molar-refractivity contribution in [3.05, 3.63) is 48.6 Å². The Morgan fingerprint density at radius 3 is 1.80 bits per heavy atom. The third-order valence-corrected chi connectivity index (χ3v) is 8.51. The Morgan fingerprint density at radius 2 is 1.22 bits per heavy atom. The molecule has 6 unspecified atom stereocenters. The average molecular weight is 695 g/mol. The highest BCUT2D eigenvalue weighted by molar-refractivity contribution is 5.69. The molecule has 0 aliphatic carbocycles. The standard InChI is InChI=1S/C40H70O9/c1-3-5-7-9-11-13-15-17-18-20-22-24-26-28-30-46-32-34(33-47-40-39(45)38(44)37(43)35(31-41)49-40)48-36(42)29-27-25-23-21-19-16-14-12-10-8-6-4-2/h5,7,11,13,17-18,22,24,34-35,37-41,43-45H,3-4,6,8-10,12,14-16,19-21,23,25-33H2,1-2H3/b7-5-,13-11-,18-17-,24-22-. The second kappa shape index (κ2) is 32.1. The van der Waals surface area contributed by atoms with Crippen LogP contribution in [0.4, 0.5) is 0 Å². The van der Waals surface area contributed by atoms with E-state index in [9.17, 15) is 25.2 Å². The molecule has 0 aromatic carbocycles. The van der Waals surface area contributed by atoms with Gasteiger partial charge in [-0.3, -0.25) is 4.79 Å². The number of hydrogen-bond acceptors (Lipinski definition) is 9. The Bertz CT molecular complexity index is 885. The minimum Gasteiger partial charge on any atom is -0.457 e. The van der Waals surface area contributed by atoms with Crippen molar-refractivity contribution in [1.82, 2.24) is 0 Å². The zero-order chi connectivity index (χ0) is 35.8. The second-order valence-electron chi connectivity index (χ2n) is 13.0. The molecule has 0 aromatic heterocycles. The maximum Gasteiger partial charge on any atom is 0.306 e. The van der Waals surface area contributed by atoms with Crippen molar-refractivity contribution in [1.29, 1.82) is 0 Å². The van der Waals surface area contributed by atoms with E-state index in [1.807, 2.05) is 0 Å². The topological polar surface area (TPSA) is 135 Å². The van der Waals surface area contributed by atoms with Gasteiger partial charge in [-0.25, -0.2) is 0 Å². The lowest BCUT2D eigenvalue weighted by Gasteiger charge is -2.39. The SMILES string of the molecule is CC/C=C\C/C=C\C/C=C\C/C=C\CCCOCC(COC1OC(CO)C(O)C(O)C1O)OC(=O)CCCCCCCCCCCCCC. The van der Waals surface area contributed by atoms with Gasteiger partial charge in [0.25, 0.3) is 0 Å². The summed E-state index contributed by atoms with van der Waals surface area (Å²) in [5.41, 5.74) is 0. The molecular formula is C40H70O9. The number of carbonyl (C=O) groups is 1. The highest BCUT2D eigenvalue weighted by Gasteiger charge is 2.44. The van der Waals surface area contributed by atoms with Gasteiger partial charge in [0.1, 0.15) is 30.5 Å². The first-order valence-corrected chi connectivity index (χ1v) is 19.2. The van der Waals surface area contributed by atoms with Gasteiger partial charge in [0, 0.05) is 13.0 Å². The van der Waals surface area contributed by atoms with E-state index in [2.05, 4.69) is 62.5 Å². The molecule has 4 N–H and O–H groups in total. The van der Waals surface area contributed by atoms with Crippen LogP contribution in [0, 0.1) is 0 Å². The molecule has 1 heterocycles. The highest BCUT2D eigenvalue weighted by atomic mass is 16.7. The largest absolute Gasteiger partial charge is 0.457 e. The Balaban J connectivity index is 2.38. The predicted octanol–water partition coefficient (Wildman–Crippen LogP) is 7.41. The van der Waals surface area contributed by atoms with Crippen LogP contribution in [-0.2, 0) is 23.7 Å². The van der Waals surface area contributed by atoms with Crippen LogP contribution in [-0.4, -0.2) is 89.6 Å². The first-order chi connectivity index (χ1) is 23.9. The van der Waals surface area contributed by atoms with Crippen LogP contribution in [0.1, 0.15) is 136 Å². The second-order valence-corrected chi connectivity index (χ2v) is 13.0. The fraction of sp³-hybridized carbons (Fsp3) is 0.775. The van der Waals surface area contributed by atoms with Crippen molar-refractivity contribution in [2.45, 2.75) is 173 Å². The quantitative estimate of drug-likeness (QED) is 0.0333. The number of aliphatic hydroxyl groups excluding tert-OH is 4. The summed E-state index contributed by atoms with van der Waals surface area (Å²) in [6.07, 6.45) is 30.0. The summed E-state index contributed by atoms with van der Waals surface area (Å²) in [5, 5.41) is 39.9. The Morgan fingerprint density at radius 1 is 0.673 bits per heavy atom. The molecule has 0 spiro atoms. The van der Waals surface area contributed by atoms with E-state index in [0.717, 1.165) is 57.8 Å². The molecule has 1 aliphatic heterocycles. The third kappa shape index (κ3) is 24.1. The fourth-order valence-electron chi connectivity index (χ4n) is 5.49. The maximum atomic E-state index is 12.7. The molecule has 0 radical (unpaired) electrons. The molecule has 49 heavy (non-hydrogen) atoms. The number of carbonyl (C=O) groups excluding carboxylic acids is 1. The summed E-state index contributed by atoms with van der Waals surface area (Å²) in [4.78, 5) is 12.7. The van der Waals surface area contributed by atoms with Crippen molar-refractivity contribution < 1.29 is 44.2 Å². The highest BCUT2D eigenvalue weighted by Crippen LogP contribution is 2.22. The third-order valence-electron chi connectivity index (χ3n) is 8.51. The van der Waals surface area contributed by atoms with Crippen LogP contribution in [0.15, 0.2) is 48.6 Å². The lowest BCUT2D eigenvalue weighted by Crippen LogP contribution is -2.59. The van der Waals surface area contributed by atoms with Crippen LogP contribution >= 0.6 is 0 Å². The molecule has 284 valence electrons. The van der Waals surface area contributed by atoms with Gasteiger partial charge >= 0.3 is 5.97 Å². The first kappa shape index (κ1) is 45.2. The summed E-state index contributed by atoms with van der Waals surface area (Å²) in [6, 6.07) is 0. The summed E-state index contributed by atoms with van der Waals surface area (Å²) in [6.45, 7) is 4.27. The number of ether oxygens (including phenoxy) is 4. The summed E-state index contributed by atoms with van der Waals surface area (Å²) in [5.74, 6) is -0.335. The molecular weight excluding hydrogens is 624 g/mol. The first-order valence-electron chi connectivity index (χ1n) is 19.2. The van der Waals surface area contributed by atoms with Gasteiger partial charge in [-0.15, -0.1) is 0 Å². The van der Waals surface area contributed by atoms with E-state index in [1.54, 1.807) is 0 Å². The van der Waals surface area contributed by atoms with E-state index >= 15 is 0 Å². The van der Waals surface area contributed by atoms with Gasteiger partial charge in [-0.2, -0.15) is 0 Å². The van der Waals surface area contributed by atoms with E-state index in [0.29, 0.717) is 13.0 Å². The van der Waals surface area contributed by atoms with Gasteiger partial charge in [0.05, 0.1) is 19.8 Å². The van der Waals surface area contributed by atoms with E-state index in [-0.39, 0.29) is 19.2 Å². The van der Waals surface area contributed by atoms with Crippen LogP contribution in [0.2, 0.25) is 0 Å². The zero-order valence-electron chi connectivity index (χ0n) is 30.7. The van der Waals surface area contributed by atoms with Crippen molar-refractivity contribution in [3.63, 3.8) is 0 Å². The molecule has 0 aromatic rings. The fourth-order valence-corrected chi connectivity index (χ4v) is 5.49. The summed E-state index contributed by atoms with van der Waals surface area (Å²) in [7, 11) is 0. The lowest BCUT2D eigenvalue weighted by atomic mass is 9.99. The predicted molar refractivity (Wildman–Crippen MR) is 196 cm³/mol. The molecule has 1 aliphatic rings. The van der Waals surface area contributed by atoms with E-state index < -0.39 is 43.4 Å². The number of allylic oxidation sites excluding steroid dienone is 8. The van der Waals surface area contributed by atoms with Gasteiger partial charge in [0.2, 0.25) is 0 Å². The van der Waals surface area contributed by atoms with Gasteiger partial charge in [-0.05, 0) is 44.9 Å². The van der Waals surface area contributed by atoms with Crippen molar-refractivity contribution in [2.75, 3.05) is 26.4 Å². The molecule has 6 atom stereocenters. The van der Waals surface area contributed by atoms with Crippen molar-refractivity contribution in [3.8, 4) is 0 Å². The molecule has 1 saturated heterocycles. The summed E-state index contributed by atoms with van der Waals surface area (Å²) < 4.78 is 22.6. The average Bonchev–Trinajstić information content (AvgIpc) is 3.10. The van der Waals surface area contributed by atoms with Crippen LogP contribution in [0.25, 0.3) is 0 Å². The van der Waals surface area contributed by atoms with Gasteiger partial charge in [-0.1, -0.05) is 133 Å². The molecule has 9 heteroatoms. The smallest absolute Gasteiger partial charge is 0.306 e. The number of rotatable bonds is 31. The molecule has 0 amide bonds. The van der Waals surface area contributed by atoms with Crippen molar-refractivity contribution in [2.24, 2.45) is 0 Å². The normalized spacial score (nSPS) is 22.3. The minimum atomic E-state index is -1.54. The maximum absolute atomic E-state index is 12.7. The van der Waals surface area contributed by atoms with E-state index in [4.69, 9.17) is 18.9 Å². The number of esters is 1. The van der Waals surface area contributed by atoms with Crippen LogP contribution < -0.4 is 0 Å². The van der Waals surface area contributed by atoms with Gasteiger partial charge < -0.3 is 39.4 Å². The molecule has 9 nitrogen and oxygen atoms in total. The van der Waals surface area contributed by atoms with E-state index in [1.165, 1.54) is 57.8 Å². The van der Waals surface area contributed by atoms with Gasteiger partial charge in [0.15, 0.2) is 6.29 Å². The number of unbranched alkanes of at least 4 members (excludes halogenated alkanes) is 12. The Labute approximate surface area is 297 Å². The van der Waals surface area contributed by atoms with Crippen LogP contribution in [0.5, 0.6) is 0 Å². The summed E-state index contributed by atoms with van der Waals surface area (Å²) >= 11 is 0. The zero-order valence-corrected chi connectivity index (χ0v) is 30.7. The molecule has 1 rings (SSSR count). The monoisotopic (exact) mass is 695 g/mol. The molecule has 1 fully saturated rings. The molecule has 0 bridgehead atoms. The number of hydrogen-bond donors (Lipinski definition) is 4. The number of aliphatic hydroxyl groups is 4.